The Hall–Kier alpha value is -1.61. The second-order valence-corrected chi connectivity index (χ2v) is 5.05. The molecule has 0 amide bonds. The van der Waals surface area contributed by atoms with Crippen LogP contribution < -0.4 is 0 Å². The van der Waals surface area contributed by atoms with Crippen molar-refractivity contribution < 1.29 is 9.53 Å². The number of aromatic nitrogens is 1. The van der Waals surface area contributed by atoms with Gasteiger partial charge in [0.2, 0.25) is 0 Å². The SMILES string of the molecule is CC(=O)CC1COCc2c1c1ccccc1n2C. The van der Waals surface area contributed by atoms with Gasteiger partial charge in [0.15, 0.2) is 0 Å². The zero-order chi connectivity index (χ0) is 12.7. The summed E-state index contributed by atoms with van der Waals surface area (Å²) in [5, 5.41) is 1.27. The second kappa shape index (κ2) is 4.25. The van der Waals surface area contributed by atoms with Crippen molar-refractivity contribution >= 4 is 16.7 Å². The van der Waals surface area contributed by atoms with Gasteiger partial charge in [0.25, 0.3) is 0 Å². The van der Waals surface area contributed by atoms with E-state index in [1.807, 2.05) is 0 Å². The minimum absolute atomic E-state index is 0.206. The molecule has 1 aliphatic rings. The maximum absolute atomic E-state index is 11.4. The Morgan fingerprint density at radius 1 is 1.44 bits per heavy atom. The standard InChI is InChI=1S/C15H17NO2/c1-10(17)7-11-8-18-9-14-15(11)12-5-3-4-6-13(12)16(14)2/h3-6,11H,7-9H2,1-2H3. The van der Waals surface area contributed by atoms with Crippen LogP contribution in [-0.4, -0.2) is 17.0 Å². The number of rotatable bonds is 2. The number of hydrogen-bond donors (Lipinski definition) is 0. The lowest BCUT2D eigenvalue weighted by Gasteiger charge is -2.23. The van der Waals surface area contributed by atoms with E-state index in [-0.39, 0.29) is 11.7 Å². The molecule has 1 unspecified atom stereocenters. The number of fused-ring (bicyclic) bond motifs is 3. The third-order valence-corrected chi connectivity index (χ3v) is 3.77. The minimum atomic E-state index is 0.206. The zero-order valence-corrected chi connectivity index (χ0v) is 10.8. The monoisotopic (exact) mass is 243 g/mol. The van der Waals surface area contributed by atoms with E-state index in [2.05, 4.69) is 35.9 Å². The number of aryl methyl sites for hydroxylation is 1. The van der Waals surface area contributed by atoms with Gasteiger partial charge in [-0.2, -0.15) is 0 Å². The highest BCUT2D eigenvalue weighted by molar-refractivity contribution is 5.87. The van der Waals surface area contributed by atoms with E-state index < -0.39 is 0 Å². The summed E-state index contributed by atoms with van der Waals surface area (Å²) in [6.07, 6.45) is 0.570. The molecule has 0 N–H and O–H groups in total. The minimum Gasteiger partial charge on any atom is -0.375 e. The van der Waals surface area contributed by atoms with Crippen molar-refractivity contribution in [3.63, 3.8) is 0 Å². The fourth-order valence-electron chi connectivity index (χ4n) is 2.99. The molecule has 0 bridgehead atoms. The van der Waals surface area contributed by atoms with E-state index in [1.165, 1.54) is 22.2 Å². The molecule has 3 heteroatoms. The summed E-state index contributed by atoms with van der Waals surface area (Å²) in [6, 6.07) is 8.38. The predicted octanol–water partition coefficient (Wildman–Crippen LogP) is 2.77. The van der Waals surface area contributed by atoms with Crippen molar-refractivity contribution in [3.05, 3.63) is 35.5 Å². The fraction of sp³-hybridized carbons (Fsp3) is 0.400. The van der Waals surface area contributed by atoms with Gasteiger partial charge in [-0.15, -0.1) is 0 Å². The average molecular weight is 243 g/mol. The molecule has 1 aliphatic heterocycles. The van der Waals surface area contributed by atoms with Crippen LogP contribution in [0.2, 0.25) is 0 Å². The summed E-state index contributed by atoms with van der Waals surface area (Å²) in [5.74, 6) is 0.432. The van der Waals surface area contributed by atoms with Crippen LogP contribution in [0.25, 0.3) is 10.9 Å². The highest BCUT2D eigenvalue weighted by Gasteiger charge is 2.27. The smallest absolute Gasteiger partial charge is 0.130 e. The van der Waals surface area contributed by atoms with E-state index in [0.29, 0.717) is 19.6 Å². The first-order chi connectivity index (χ1) is 8.68. The number of Topliss-reactive ketones (excluding diaryl/α,β-unsaturated/α-hetero) is 1. The molecular formula is C15H17NO2. The van der Waals surface area contributed by atoms with Crippen LogP contribution in [0.3, 0.4) is 0 Å². The molecule has 0 spiro atoms. The number of ether oxygens (including phenoxy) is 1. The molecule has 2 aromatic rings. The number of carbonyl (C=O) groups excluding carboxylic acids is 1. The van der Waals surface area contributed by atoms with E-state index >= 15 is 0 Å². The van der Waals surface area contributed by atoms with Crippen LogP contribution in [0.1, 0.15) is 30.5 Å². The fourth-order valence-corrected chi connectivity index (χ4v) is 2.99. The van der Waals surface area contributed by atoms with Crippen LogP contribution in [0.4, 0.5) is 0 Å². The summed E-state index contributed by atoms with van der Waals surface area (Å²) in [5.41, 5.74) is 3.75. The van der Waals surface area contributed by atoms with Crippen molar-refractivity contribution in [1.29, 1.82) is 0 Å². The summed E-state index contributed by atoms with van der Waals surface area (Å²) in [7, 11) is 2.07. The van der Waals surface area contributed by atoms with Gasteiger partial charge < -0.3 is 14.1 Å². The first-order valence-corrected chi connectivity index (χ1v) is 6.32. The Morgan fingerprint density at radius 3 is 3.00 bits per heavy atom. The lowest BCUT2D eigenvalue weighted by Crippen LogP contribution is -2.19. The highest BCUT2D eigenvalue weighted by atomic mass is 16.5. The molecule has 0 radical (unpaired) electrons. The number of ketones is 1. The van der Waals surface area contributed by atoms with Crippen LogP contribution in [0, 0.1) is 0 Å². The molecule has 0 saturated heterocycles. The Kier molecular flexibility index (Phi) is 2.71. The predicted molar refractivity (Wildman–Crippen MR) is 70.6 cm³/mol. The molecule has 3 rings (SSSR count). The number of hydrogen-bond acceptors (Lipinski definition) is 2. The quantitative estimate of drug-likeness (QED) is 0.812. The molecular weight excluding hydrogens is 226 g/mol. The Labute approximate surface area is 106 Å². The molecule has 1 aromatic carbocycles. The van der Waals surface area contributed by atoms with E-state index in [0.717, 1.165) is 0 Å². The number of benzene rings is 1. The Morgan fingerprint density at radius 2 is 2.22 bits per heavy atom. The second-order valence-electron chi connectivity index (χ2n) is 5.05. The van der Waals surface area contributed by atoms with Gasteiger partial charge in [-0.05, 0) is 18.6 Å². The molecule has 3 nitrogen and oxygen atoms in total. The summed E-state index contributed by atoms with van der Waals surface area (Å²) >= 11 is 0. The highest BCUT2D eigenvalue weighted by Crippen LogP contribution is 2.37. The van der Waals surface area contributed by atoms with Crippen molar-refractivity contribution in [2.75, 3.05) is 6.61 Å². The largest absolute Gasteiger partial charge is 0.375 e. The molecule has 94 valence electrons. The van der Waals surface area contributed by atoms with Gasteiger partial charge in [0.1, 0.15) is 5.78 Å². The van der Waals surface area contributed by atoms with E-state index in [1.54, 1.807) is 6.92 Å². The van der Waals surface area contributed by atoms with Gasteiger partial charge in [-0.25, -0.2) is 0 Å². The number of para-hydroxylation sites is 1. The van der Waals surface area contributed by atoms with Gasteiger partial charge in [0, 0.05) is 36.0 Å². The van der Waals surface area contributed by atoms with Gasteiger partial charge >= 0.3 is 0 Å². The van der Waals surface area contributed by atoms with Gasteiger partial charge in [-0.1, -0.05) is 18.2 Å². The summed E-state index contributed by atoms with van der Waals surface area (Å²) in [4.78, 5) is 11.4. The normalized spacial score (nSPS) is 18.9. The first-order valence-electron chi connectivity index (χ1n) is 6.32. The molecule has 1 aromatic heterocycles. The topological polar surface area (TPSA) is 31.2 Å². The zero-order valence-electron chi connectivity index (χ0n) is 10.8. The maximum atomic E-state index is 11.4. The first kappa shape index (κ1) is 11.5. The molecule has 0 fully saturated rings. The van der Waals surface area contributed by atoms with Crippen molar-refractivity contribution in [1.82, 2.24) is 4.57 Å². The summed E-state index contributed by atoms with van der Waals surface area (Å²) in [6.45, 7) is 2.95. The molecule has 0 saturated carbocycles. The molecule has 2 heterocycles. The molecule has 1 atom stereocenters. The van der Waals surface area contributed by atoms with Crippen LogP contribution >= 0.6 is 0 Å². The van der Waals surface area contributed by atoms with E-state index in [9.17, 15) is 4.79 Å². The van der Waals surface area contributed by atoms with Crippen LogP contribution in [0.5, 0.6) is 0 Å². The summed E-state index contributed by atoms with van der Waals surface area (Å²) < 4.78 is 7.84. The maximum Gasteiger partial charge on any atom is 0.130 e. The molecule has 0 aliphatic carbocycles. The lowest BCUT2D eigenvalue weighted by atomic mass is 9.91. The van der Waals surface area contributed by atoms with Crippen molar-refractivity contribution in [2.24, 2.45) is 7.05 Å². The van der Waals surface area contributed by atoms with Crippen molar-refractivity contribution in [2.45, 2.75) is 25.9 Å². The van der Waals surface area contributed by atoms with Crippen LogP contribution in [0.15, 0.2) is 24.3 Å². The van der Waals surface area contributed by atoms with Gasteiger partial charge in [-0.3, -0.25) is 0 Å². The Balaban J connectivity index is 2.21. The average Bonchev–Trinajstić information content (AvgIpc) is 2.65. The van der Waals surface area contributed by atoms with Crippen molar-refractivity contribution in [3.8, 4) is 0 Å². The van der Waals surface area contributed by atoms with E-state index in [4.69, 9.17) is 4.74 Å². The number of carbonyl (C=O) groups is 1. The van der Waals surface area contributed by atoms with Gasteiger partial charge in [0.05, 0.1) is 13.2 Å². The third kappa shape index (κ3) is 1.66. The van der Waals surface area contributed by atoms with Crippen LogP contribution in [-0.2, 0) is 23.2 Å². The number of nitrogens with zero attached hydrogens (tertiary/aromatic N) is 1. The molecule has 18 heavy (non-hydrogen) atoms. The third-order valence-electron chi connectivity index (χ3n) is 3.77. The lowest BCUT2D eigenvalue weighted by molar-refractivity contribution is -0.117. The Bertz CT molecular complexity index is 612.